The minimum atomic E-state index is 0. The number of aryl methyl sites for hydroxylation is 4. The molecule has 1 aliphatic heterocycles. The molecular weight excluding hydrogens is 1170 g/mol. The Labute approximate surface area is 566 Å². The van der Waals surface area contributed by atoms with E-state index >= 15 is 0 Å². The van der Waals surface area contributed by atoms with E-state index in [2.05, 4.69) is 105 Å². The molecule has 4 aromatic rings. The third-order valence-corrected chi connectivity index (χ3v) is 18.3. The maximum absolute atomic E-state index is 13.0. The number of benzene rings is 4. The van der Waals surface area contributed by atoms with Crippen LogP contribution >= 0.6 is 0 Å². The van der Waals surface area contributed by atoms with Crippen LogP contribution in [0.4, 0.5) is 0 Å². The van der Waals surface area contributed by atoms with Crippen LogP contribution in [0, 0.1) is 25.7 Å². The second-order valence-electron chi connectivity index (χ2n) is 26.2. The van der Waals surface area contributed by atoms with Gasteiger partial charge in [0.25, 0.3) is 0 Å². The van der Waals surface area contributed by atoms with Crippen molar-refractivity contribution in [1.82, 2.24) is 0 Å². The molecule has 0 bridgehead atoms. The molecule has 1 heterocycles. The molecular formula is C86H134N2Pd. The van der Waals surface area contributed by atoms with E-state index in [4.69, 9.17) is 0 Å². The monoisotopic (exact) mass is 1300 g/mol. The summed E-state index contributed by atoms with van der Waals surface area (Å²) in [6, 6.07) is 29.8. The molecule has 3 heteroatoms. The van der Waals surface area contributed by atoms with Crippen LogP contribution in [0.3, 0.4) is 0 Å². The van der Waals surface area contributed by atoms with E-state index in [0.29, 0.717) is 0 Å². The van der Waals surface area contributed by atoms with Crippen LogP contribution < -0.4 is 0 Å². The van der Waals surface area contributed by atoms with Crippen LogP contribution in [-0.2, 0) is 58.9 Å². The van der Waals surface area contributed by atoms with E-state index < -0.39 is 0 Å². The van der Waals surface area contributed by atoms with Crippen molar-refractivity contribution in [2.24, 2.45) is 0 Å². The Morgan fingerprint density at radius 2 is 0.618 bits per heavy atom. The molecule has 0 fully saturated rings. The number of rotatable bonds is 47. The van der Waals surface area contributed by atoms with Crippen molar-refractivity contribution in [2.45, 2.75) is 351 Å². The smallest absolute Gasteiger partial charge is 0.493 e. The summed E-state index contributed by atoms with van der Waals surface area (Å²) < 4.78 is 1.64. The van der Waals surface area contributed by atoms with Gasteiger partial charge in [0.1, 0.15) is 5.57 Å². The van der Waals surface area contributed by atoms with Crippen molar-refractivity contribution in [3.8, 4) is 11.8 Å². The third-order valence-electron chi connectivity index (χ3n) is 18.3. The van der Waals surface area contributed by atoms with Crippen LogP contribution in [0.15, 0.2) is 96.1 Å². The molecule has 0 N–H and O–H groups in total. The van der Waals surface area contributed by atoms with Gasteiger partial charge in [-0.15, -0.1) is 24.3 Å². The predicted octanol–water partition coefficient (Wildman–Crippen LogP) is 27.6. The van der Waals surface area contributed by atoms with Gasteiger partial charge in [0.05, 0.1) is 0 Å². The zero-order valence-electron chi connectivity index (χ0n) is 59.2. The number of hydrogen-bond acceptors (Lipinski definition) is 0. The molecule has 0 aliphatic carbocycles. The molecule has 1 aliphatic rings. The minimum Gasteiger partial charge on any atom is -0.493 e. The van der Waals surface area contributed by atoms with E-state index in [1.54, 1.807) is 15.8 Å². The van der Waals surface area contributed by atoms with Crippen molar-refractivity contribution in [1.29, 1.82) is 0 Å². The number of hydrogen-bond donors (Lipinski definition) is 0. The molecule has 0 spiro atoms. The predicted molar refractivity (Wildman–Crippen MR) is 392 cm³/mol. The first kappa shape index (κ1) is 81.0. The molecule has 0 amide bonds. The first-order valence-electron chi connectivity index (χ1n) is 37.7. The van der Waals surface area contributed by atoms with E-state index in [9.17, 15) is 5.53 Å². The topological polar surface area (TPSA) is 25.3 Å². The van der Waals surface area contributed by atoms with E-state index in [-0.39, 0.29) is 20.4 Å². The van der Waals surface area contributed by atoms with Crippen molar-refractivity contribution in [2.75, 3.05) is 0 Å². The summed E-state index contributed by atoms with van der Waals surface area (Å²) in [4.78, 5) is 0. The quantitative estimate of drug-likeness (QED) is 0.0139. The second kappa shape index (κ2) is 54.5. The van der Waals surface area contributed by atoms with Crippen LogP contribution in [0.1, 0.15) is 368 Å². The summed E-state index contributed by atoms with van der Waals surface area (Å²) in [7, 11) is 0. The Hall–Kier alpha value is -4.08. The van der Waals surface area contributed by atoms with Crippen molar-refractivity contribution < 1.29 is 25.1 Å². The van der Waals surface area contributed by atoms with Crippen LogP contribution in [-0.4, -0.2) is 4.70 Å². The largest absolute Gasteiger partial charge is 2.00 e. The standard InChI is InChI=1S/C72H120N2.2C7H7.Pd/c1-9-17-24-25-26-27-28-29-30-31-32-33-34-35-36-37-38-39-40-41-42-43-44-49-56-70-67(16-8)71(65-57-61(50-45-18-10-2)68(54-22-14-6)62(58-65)51-46-19-11-3)74(73)72(70)66-59-63(52-47-20-12-4)69(55-23-15-7)64(60-66)53-48-21-13-5;2*1-7-5-3-2-4-6-7;/h57-60H,9-48,50-55H2,1-8H3;2*2-6H,1H2;/q;2*-1;+2. The molecule has 89 heavy (non-hydrogen) atoms. The Balaban J connectivity index is 0.00000157. The van der Waals surface area contributed by atoms with E-state index in [1.807, 2.05) is 60.7 Å². The van der Waals surface area contributed by atoms with Gasteiger partial charge in [-0.1, -0.05) is 278 Å². The van der Waals surface area contributed by atoms with Gasteiger partial charge in [0, 0.05) is 23.1 Å². The number of unbranched alkanes of at least 4 members (excludes halogenated alkanes) is 32. The summed E-state index contributed by atoms with van der Waals surface area (Å²) in [6.45, 7) is 26.0. The summed E-state index contributed by atoms with van der Waals surface area (Å²) in [5, 5.41) is 0. The van der Waals surface area contributed by atoms with Crippen LogP contribution in [0.5, 0.6) is 0 Å². The van der Waals surface area contributed by atoms with Gasteiger partial charge in [-0.2, -0.15) is 49.2 Å². The summed E-state index contributed by atoms with van der Waals surface area (Å²) >= 11 is 0. The second-order valence-corrected chi connectivity index (χ2v) is 26.2. The van der Waals surface area contributed by atoms with Gasteiger partial charge in [-0.3, -0.25) is 0 Å². The van der Waals surface area contributed by atoms with Gasteiger partial charge in [-0.25, -0.2) is 4.70 Å². The molecule has 0 saturated heterocycles. The number of allylic oxidation sites excluding steroid dienone is 2. The fourth-order valence-corrected chi connectivity index (χ4v) is 12.9. The summed E-state index contributed by atoms with van der Waals surface area (Å²) in [5.74, 6) is 7.58. The molecule has 0 unspecified atom stereocenters. The summed E-state index contributed by atoms with van der Waals surface area (Å²) in [6.07, 6.45) is 59.3. The first-order valence-corrected chi connectivity index (χ1v) is 37.7. The van der Waals surface area contributed by atoms with Gasteiger partial charge < -0.3 is 5.53 Å². The normalized spacial score (nSPS) is 11.9. The van der Waals surface area contributed by atoms with Crippen LogP contribution in [0.2, 0.25) is 0 Å². The first-order chi connectivity index (χ1) is 43.2. The Kier molecular flexibility index (Phi) is 49.6. The zero-order valence-corrected chi connectivity index (χ0v) is 60.8. The van der Waals surface area contributed by atoms with Gasteiger partial charge in [-0.05, 0) is 148 Å². The van der Waals surface area contributed by atoms with Crippen molar-refractivity contribution >= 4 is 11.4 Å². The SMILES string of the molecule is CCCCCCCCCCCCCCCCCCCCCCCCC#CC1=C(c2cc(CCCCC)c(CCCC)c(CCCCC)c2)[N+](=[N-])C(c2cc(CCCCC)c(CCCC)c(CCCCC)c2)=C1CC.[CH2-]c1ccccc1.[CH2-]c1ccccc1.[Pd+2]. The zero-order chi connectivity index (χ0) is 63.5. The molecule has 5 rings (SSSR count). The third kappa shape index (κ3) is 34.4. The average molecular weight is 1300 g/mol. The van der Waals surface area contributed by atoms with E-state index in [0.717, 1.165) is 85.9 Å². The van der Waals surface area contributed by atoms with Gasteiger partial charge in [0.15, 0.2) is 0 Å². The maximum atomic E-state index is 13.0. The fraction of sp³-hybridized carbons (Fsp3) is 0.628. The molecule has 2 nitrogen and oxygen atoms in total. The van der Waals surface area contributed by atoms with Crippen LogP contribution in [0.25, 0.3) is 16.9 Å². The molecule has 4 aromatic carbocycles. The minimum absolute atomic E-state index is 0. The Morgan fingerprint density at radius 3 is 0.899 bits per heavy atom. The Bertz CT molecular complexity index is 2420. The van der Waals surface area contributed by atoms with Crippen molar-refractivity contribution in [3.05, 3.63) is 171 Å². The maximum Gasteiger partial charge on any atom is 2.00 e. The molecule has 498 valence electrons. The average Bonchev–Trinajstić information content (AvgIpc) is 1.72. The molecule has 0 atom stereocenters. The Morgan fingerprint density at radius 1 is 0.337 bits per heavy atom. The fourth-order valence-electron chi connectivity index (χ4n) is 12.9. The molecule has 0 saturated carbocycles. The summed E-state index contributed by atoms with van der Waals surface area (Å²) in [5.41, 5.74) is 31.0. The van der Waals surface area contributed by atoms with Crippen molar-refractivity contribution in [3.63, 3.8) is 0 Å². The molecule has 0 radical (unpaired) electrons. The van der Waals surface area contributed by atoms with Gasteiger partial charge in [0.2, 0.25) is 11.4 Å². The van der Waals surface area contributed by atoms with Gasteiger partial charge >= 0.3 is 20.4 Å². The van der Waals surface area contributed by atoms with E-state index in [1.165, 1.54) is 277 Å². The molecule has 0 aromatic heterocycles. The number of nitrogens with zero attached hydrogens (tertiary/aromatic N) is 2.